The smallest absolute Gasteiger partial charge is 0.292 e. The number of carbonyl (C=O) groups excluding carboxylic acids is 2. The fraction of sp³-hybridized carbons (Fsp3) is 0.636. The summed E-state index contributed by atoms with van der Waals surface area (Å²) in [6.07, 6.45) is 0. The van der Waals surface area contributed by atoms with Crippen LogP contribution in [0.1, 0.15) is 20.8 Å². The summed E-state index contributed by atoms with van der Waals surface area (Å²) in [7, 11) is 0. The first kappa shape index (κ1) is 23.9. The van der Waals surface area contributed by atoms with Gasteiger partial charge in [-0.05, 0) is 26.8 Å². The zero-order chi connectivity index (χ0) is 23.3. The highest BCUT2D eigenvalue weighted by Gasteiger charge is 2.27. The number of benzene rings is 1. The normalized spacial score (nSPS) is 18.5. The Kier molecular flexibility index (Phi) is 7.68. The molecule has 3 rings (SSSR count). The summed E-state index contributed by atoms with van der Waals surface area (Å²) in [4.78, 5) is 43.9. The summed E-state index contributed by atoms with van der Waals surface area (Å²) in [5.41, 5.74) is 0.505. The fourth-order valence-electron chi connectivity index (χ4n) is 4.14. The molecule has 10 nitrogen and oxygen atoms in total. The molecule has 2 amide bonds. The molecular weight excluding hydrogens is 412 g/mol. The monoisotopic (exact) mass is 446 g/mol. The minimum absolute atomic E-state index is 0.00815. The minimum atomic E-state index is -0.350. The fourth-order valence-corrected chi connectivity index (χ4v) is 4.14. The molecule has 0 bridgehead atoms. The van der Waals surface area contributed by atoms with Gasteiger partial charge in [-0.1, -0.05) is 12.1 Å². The number of nitro groups is 1. The molecule has 10 heteroatoms. The number of hydrogen-bond acceptors (Lipinski definition) is 7. The topological polar surface area (TPSA) is 102 Å². The second-order valence-electron chi connectivity index (χ2n) is 9.46. The van der Waals surface area contributed by atoms with Crippen molar-refractivity contribution in [3.63, 3.8) is 0 Å². The first-order valence-corrected chi connectivity index (χ1v) is 11.1. The summed E-state index contributed by atoms with van der Waals surface area (Å²) >= 11 is 0. The zero-order valence-corrected chi connectivity index (χ0v) is 19.2. The SMILES string of the molecule is CC(C)(C)NC(=O)CN1CCN(C(=O)CN2CCN(c3ccccc3[N+](=O)[O-])CC2)CC1. The van der Waals surface area contributed by atoms with E-state index < -0.39 is 0 Å². The van der Waals surface area contributed by atoms with Crippen molar-refractivity contribution < 1.29 is 14.5 Å². The van der Waals surface area contributed by atoms with Crippen LogP contribution in [0.5, 0.6) is 0 Å². The lowest BCUT2D eigenvalue weighted by molar-refractivity contribution is -0.384. The number of nitrogens with one attached hydrogen (secondary N) is 1. The van der Waals surface area contributed by atoms with Crippen molar-refractivity contribution in [2.45, 2.75) is 26.3 Å². The number of amides is 2. The third-order valence-electron chi connectivity index (χ3n) is 5.76. The van der Waals surface area contributed by atoms with Gasteiger partial charge in [-0.15, -0.1) is 0 Å². The van der Waals surface area contributed by atoms with Gasteiger partial charge in [-0.25, -0.2) is 0 Å². The van der Waals surface area contributed by atoms with Gasteiger partial charge in [0, 0.05) is 64.0 Å². The number of nitrogens with zero attached hydrogens (tertiary/aromatic N) is 5. The van der Waals surface area contributed by atoms with Gasteiger partial charge in [-0.3, -0.25) is 29.5 Å². The van der Waals surface area contributed by atoms with Crippen molar-refractivity contribution in [3.8, 4) is 0 Å². The lowest BCUT2D eigenvalue weighted by Gasteiger charge is -2.38. The molecular formula is C22H34N6O4. The molecule has 0 radical (unpaired) electrons. The van der Waals surface area contributed by atoms with Crippen molar-refractivity contribution in [2.75, 3.05) is 70.3 Å². The first-order valence-electron chi connectivity index (χ1n) is 11.1. The molecule has 1 aromatic rings. The quantitative estimate of drug-likeness (QED) is 0.509. The minimum Gasteiger partial charge on any atom is -0.363 e. The van der Waals surface area contributed by atoms with Gasteiger partial charge in [0.05, 0.1) is 18.0 Å². The number of nitro benzene ring substituents is 1. The van der Waals surface area contributed by atoms with E-state index in [0.29, 0.717) is 71.1 Å². The summed E-state index contributed by atoms with van der Waals surface area (Å²) in [5.74, 6) is 0.108. The molecule has 2 saturated heterocycles. The van der Waals surface area contributed by atoms with Crippen molar-refractivity contribution >= 4 is 23.2 Å². The summed E-state index contributed by atoms with van der Waals surface area (Å²) in [6, 6.07) is 6.79. The lowest BCUT2D eigenvalue weighted by Crippen LogP contribution is -2.55. The third-order valence-corrected chi connectivity index (χ3v) is 5.76. The Labute approximate surface area is 189 Å². The zero-order valence-electron chi connectivity index (χ0n) is 19.2. The van der Waals surface area contributed by atoms with Gasteiger partial charge in [-0.2, -0.15) is 0 Å². The van der Waals surface area contributed by atoms with Crippen LogP contribution in [-0.2, 0) is 9.59 Å². The van der Waals surface area contributed by atoms with E-state index in [1.165, 1.54) is 6.07 Å². The molecule has 176 valence electrons. The molecule has 0 saturated carbocycles. The molecule has 32 heavy (non-hydrogen) atoms. The molecule has 2 aliphatic rings. The summed E-state index contributed by atoms with van der Waals surface area (Å²) in [5, 5.41) is 14.3. The second kappa shape index (κ2) is 10.3. The van der Waals surface area contributed by atoms with Gasteiger partial charge in [0.15, 0.2) is 0 Å². The number of hydrogen-bond donors (Lipinski definition) is 1. The van der Waals surface area contributed by atoms with Crippen LogP contribution in [0.2, 0.25) is 0 Å². The molecule has 0 atom stereocenters. The Morgan fingerprint density at radius 3 is 2.09 bits per heavy atom. The molecule has 2 aliphatic heterocycles. The van der Waals surface area contributed by atoms with E-state index in [9.17, 15) is 19.7 Å². The molecule has 0 aromatic heterocycles. The van der Waals surface area contributed by atoms with E-state index in [0.717, 1.165) is 0 Å². The number of anilines is 1. The Hall–Kier alpha value is -2.72. The van der Waals surface area contributed by atoms with Crippen LogP contribution in [0.15, 0.2) is 24.3 Å². The maximum Gasteiger partial charge on any atom is 0.292 e. The van der Waals surface area contributed by atoms with Crippen LogP contribution in [0.3, 0.4) is 0 Å². The van der Waals surface area contributed by atoms with Crippen LogP contribution in [0.25, 0.3) is 0 Å². The average Bonchev–Trinajstić information content (AvgIpc) is 2.73. The number of rotatable bonds is 6. The van der Waals surface area contributed by atoms with Crippen molar-refractivity contribution in [3.05, 3.63) is 34.4 Å². The predicted molar refractivity (Wildman–Crippen MR) is 123 cm³/mol. The van der Waals surface area contributed by atoms with Crippen molar-refractivity contribution in [2.24, 2.45) is 0 Å². The summed E-state index contributed by atoms with van der Waals surface area (Å²) in [6.45, 7) is 11.9. The largest absolute Gasteiger partial charge is 0.363 e. The number of carbonyl (C=O) groups is 2. The Morgan fingerprint density at radius 1 is 0.938 bits per heavy atom. The average molecular weight is 447 g/mol. The third kappa shape index (κ3) is 6.64. The van der Waals surface area contributed by atoms with E-state index in [-0.39, 0.29) is 28.0 Å². The van der Waals surface area contributed by atoms with E-state index in [1.54, 1.807) is 12.1 Å². The number of piperazine rings is 2. The van der Waals surface area contributed by atoms with Crippen LogP contribution < -0.4 is 10.2 Å². The van der Waals surface area contributed by atoms with Crippen LogP contribution in [-0.4, -0.2) is 102 Å². The molecule has 1 N–H and O–H groups in total. The standard InChI is InChI=1S/C22H34N6O4/c1-22(2,3)23-20(29)16-24-10-14-27(15-11-24)21(30)17-25-8-12-26(13-9-25)18-6-4-5-7-19(18)28(31)32/h4-7H,8-17H2,1-3H3,(H,23,29). The van der Waals surface area contributed by atoms with Gasteiger partial charge >= 0.3 is 0 Å². The maximum absolute atomic E-state index is 12.8. The molecule has 2 heterocycles. The summed E-state index contributed by atoms with van der Waals surface area (Å²) < 4.78 is 0. The van der Waals surface area contributed by atoms with Crippen LogP contribution in [0.4, 0.5) is 11.4 Å². The van der Waals surface area contributed by atoms with Gasteiger partial charge < -0.3 is 15.1 Å². The van der Waals surface area contributed by atoms with E-state index in [4.69, 9.17) is 0 Å². The van der Waals surface area contributed by atoms with Crippen molar-refractivity contribution in [1.82, 2.24) is 20.0 Å². The molecule has 0 spiro atoms. The van der Waals surface area contributed by atoms with E-state index in [2.05, 4.69) is 15.1 Å². The van der Waals surface area contributed by atoms with Gasteiger partial charge in [0.2, 0.25) is 11.8 Å². The van der Waals surface area contributed by atoms with Gasteiger partial charge in [0.1, 0.15) is 5.69 Å². The molecule has 0 unspecified atom stereocenters. The molecule has 2 fully saturated rings. The highest BCUT2D eigenvalue weighted by atomic mass is 16.6. The Balaban J connectivity index is 1.41. The molecule has 1 aromatic carbocycles. The maximum atomic E-state index is 12.8. The predicted octanol–water partition coefficient (Wildman–Crippen LogP) is 0.776. The van der Waals surface area contributed by atoms with Crippen molar-refractivity contribution in [1.29, 1.82) is 0 Å². The van der Waals surface area contributed by atoms with E-state index in [1.807, 2.05) is 36.6 Å². The number of para-hydroxylation sites is 2. The highest BCUT2D eigenvalue weighted by Crippen LogP contribution is 2.28. The lowest BCUT2D eigenvalue weighted by atomic mass is 10.1. The van der Waals surface area contributed by atoms with Gasteiger partial charge in [0.25, 0.3) is 5.69 Å². The second-order valence-corrected chi connectivity index (χ2v) is 9.46. The Morgan fingerprint density at radius 2 is 1.50 bits per heavy atom. The van der Waals surface area contributed by atoms with Crippen LogP contribution >= 0.6 is 0 Å². The van der Waals surface area contributed by atoms with E-state index >= 15 is 0 Å². The highest BCUT2D eigenvalue weighted by molar-refractivity contribution is 5.79. The van der Waals surface area contributed by atoms with Crippen LogP contribution in [0, 0.1) is 10.1 Å². The Bertz CT molecular complexity index is 824. The molecule has 0 aliphatic carbocycles. The first-order chi connectivity index (χ1) is 15.1.